The molecule has 4 heteroatoms. The molecule has 1 amide bonds. The lowest BCUT2D eigenvalue weighted by atomic mass is 10.0. The molecule has 2 rings (SSSR count). The van der Waals surface area contributed by atoms with E-state index in [-0.39, 0.29) is 5.91 Å². The van der Waals surface area contributed by atoms with Gasteiger partial charge >= 0.3 is 0 Å². The van der Waals surface area contributed by atoms with E-state index in [0.717, 1.165) is 32.4 Å². The molecule has 1 atom stereocenters. The van der Waals surface area contributed by atoms with Crippen LogP contribution in [0.25, 0.3) is 0 Å². The molecule has 2 aliphatic rings. The largest absolute Gasteiger partial charge is 0.365 e. The first-order valence-electron chi connectivity index (χ1n) is 6.02. The number of carbonyl (C=O) groups excluding carboxylic acids is 1. The molecule has 2 N–H and O–H groups in total. The van der Waals surface area contributed by atoms with Crippen LogP contribution in [0, 0.1) is 0 Å². The van der Waals surface area contributed by atoms with Crippen LogP contribution >= 0.6 is 0 Å². The third-order valence-electron chi connectivity index (χ3n) is 3.33. The van der Waals surface area contributed by atoms with Gasteiger partial charge in [0.05, 0.1) is 0 Å². The zero-order valence-electron chi connectivity index (χ0n) is 9.84. The van der Waals surface area contributed by atoms with Crippen molar-refractivity contribution in [2.75, 3.05) is 26.2 Å². The van der Waals surface area contributed by atoms with Gasteiger partial charge in [0.15, 0.2) is 0 Å². The van der Waals surface area contributed by atoms with Gasteiger partial charge in [-0.1, -0.05) is 11.6 Å². The summed E-state index contributed by atoms with van der Waals surface area (Å²) >= 11 is 0. The smallest absolute Gasteiger partial charge is 0.252 e. The van der Waals surface area contributed by atoms with E-state index in [4.69, 9.17) is 4.74 Å². The highest BCUT2D eigenvalue weighted by Crippen LogP contribution is 2.25. The van der Waals surface area contributed by atoms with Crippen LogP contribution in [-0.4, -0.2) is 37.7 Å². The van der Waals surface area contributed by atoms with Crippen LogP contribution in [0.4, 0.5) is 0 Å². The maximum Gasteiger partial charge on any atom is 0.252 e. The second kappa shape index (κ2) is 4.97. The summed E-state index contributed by atoms with van der Waals surface area (Å²) in [6, 6.07) is 0. The van der Waals surface area contributed by atoms with E-state index in [9.17, 15) is 4.79 Å². The van der Waals surface area contributed by atoms with Gasteiger partial charge in [-0.2, -0.15) is 0 Å². The molecule has 1 saturated heterocycles. The molecule has 2 heterocycles. The Morgan fingerprint density at radius 1 is 1.69 bits per heavy atom. The summed E-state index contributed by atoms with van der Waals surface area (Å²) in [5, 5.41) is 6.23. The van der Waals surface area contributed by atoms with Crippen LogP contribution in [0.15, 0.2) is 11.6 Å². The molecule has 0 aromatic rings. The van der Waals surface area contributed by atoms with Crippen LogP contribution in [0.5, 0.6) is 0 Å². The monoisotopic (exact) mass is 224 g/mol. The Morgan fingerprint density at radius 3 is 3.19 bits per heavy atom. The predicted octanol–water partition coefficient (Wildman–Crippen LogP) is 0.591. The average Bonchev–Trinajstić information content (AvgIpc) is 2.76. The molecule has 0 aromatic carbocycles. The SMILES string of the molecule is CC1(C(=O)NCC2=CCNCC2)CCCO1. The van der Waals surface area contributed by atoms with E-state index in [2.05, 4.69) is 16.7 Å². The second-order valence-electron chi connectivity index (χ2n) is 4.68. The zero-order chi connectivity index (χ0) is 11.4. The Kier molecular flexibility index (Phi) is 3.61. The molecule has 2 aliphatic heterocycles. The van der Waals surface area contributed by atoms with E-state index in [0.29, 0.717) is 13.2 Å². The second-order valence-corrected chi connectivity index (χ2v) is 4.68. The summed E-state index contributed by atoms with van der Waals surface area (Å²) in [6.07, 6.45) is 5.00. The molecule has 0 saturated carbocycles. The molecular weight excluding hydrogens is 204 g/mol. The van der Waals surface area contributed by atoms with Crippen molar-refractivity contribution in [3.8, 4) is 0 Å². The van der Waals surface area contributed by atoms with Crippen molar-refractivity contribution in [1.29, 1.82) is 0 Å². The van der Waals surface area contributed by atoms with E-state index in [1.165, 1.54) is 5.57 Å². The van der Waals surface area contributed by atoms with E-state index in [1.807, 2.05) is 6.92 Å². The lowest BCUT2D eigenvalue weighted by molar-refractivity contribution is -0.139. The highest BCUT2D eigenvalue weighted by atomic mass is 16.5. The van der Waals surface area contributed by atoms with Gasteiger partial charge in [0.25, 0.3) is 5.91 Å². The third kappa shape index (κ3) is 2.62. The Morgan fingerprint density at radius 2 is 2.56 bits per heavy atom. The standard InChI is InChI=1S/C12H20N2O2/c1-12(5-2-8-16-12)11(15)14-9-10-3-6-13-7-4-10/h3,13H,2,4-9H2,1H3,(H,14,15). The minimum Gasteiger partial charge on any atom is -0.365 e. The van der Waals surface area contributed by atoms with E-state index < -0.39 is 5.60 Å². The van der Waals surface area contributed by atoms with Crippen molar-refractivity contribution >= 4 is 5.91 Å². The number of amides is 1. The Labute approximate surface area is 96.4 Å². The molecule has 90 valence electrons. The number of hydrogen-bond donors (Lipinski definition) is 2. The van der Waals surface area contributed by atoms with Gasteiger partial charge in [-0.3, -0.25) is 4.79 Å². The Balaban J connectivity index is 1.81. The minimum absolute atomic E-state index is 0.0319. The van der Waals surface area contributed by atoms with Gasteiger partial charge < -0.3 is 15.4 Å². The van der Waals surface area contributed by atoms with Gasteiger partial charge in [0, 0.05) is 19.7 Å². The van der Waals surface area contributed by atoms with E-state index in [1.54, 1.807) is 0 Å². The normalized spacial score (nSPS) is 29.9. The molecule has 4 nitrogen and oxygen atoms in total. The van der Waals surface area contributed by atoms with Crippen LogP contribution < -0.4 is 10.6 Å². The van der Waals surface area contributed by atoms with Gasteiger partial charge in [0.1, 0.15) is 5.60 Å². The lowest BCUT2D eigenvalue weighted by Gasteiger charge is -2.23. The number of hydrogen-bond acceptors (Lipinski definition) is 3. The highest BCUT2D eigenvalue weighted by molar-refractivity contribution is 5.85. The summed E-state index contributed by atoms with van der Waals surface area (Å²) in [4.78, 5) is 11.9. The van der Waals surface area contributed by atoms with Crippen LogP contribution in [-0.2, 0) is 9.53 Å². The van der Waals surface area contributed by atoms with Gasteiger partial charge in [-0.25, -0.2) is 0 Å². The topological polar surface area (TPSA) is 50.4 Å². The summed E-state index contributed by atoms with van der Waals surface area (Å²) in [7, 11) is 0. The summed E-state index contributed by atoms with van der Waals surface area (Å²) in [6.45, 7) is 5.18. The first-order chi connectivity index (χ1) is 7.71. The number of ether oxygens (including phenoxy) is 1. The zero-order valence-corrected chi connectivity index (χ0v) is 9.84. The molecular formula is C12H20N2O2. The van der Waals surface area contributed by atoms with Crippen molar-refractivity contribution in [2.24, 2.45) is 0 Å². The molecule has 0 aliphatic carbocycles. The van der Waals surface area contributed by atoms with Crippen molar-refractivity contribution in [2.45, 2.75) is 31.8 Å². The summed E-state index contributed by atoms with van der Waals surface area (Å²) < 4.78 is 5.50. The predicted molar refractivity (Wildman–Crippen MR) is 62.2 cm³/mol. The van der Waals surface area contributed by atoms with Crippen LogP contribution in [0.3, 0.4) is 0 Å². The quantitative estimate of drug-likeness (QED) is 0.690. The summed E-state index contributed by atoms with van der Waals surface area (Å²) in [5.41, 5.74) is 0.724. The fraction of sp³-hybridized carbons (Fsp3) is 0.750. The van der Waals surface area contributed by atoms with Crippen molar-refractivity contribution < 1.29 is 9.53 Å². The Hall–Kier alpha value is -0.870. The van der Waals surface area contributed by atoms with Crippen molar-refractivity contribution in [1.82, 2.24) is 10.6 Å². The van der Waals surface area contributed by atoms with Crippen LogP contribution in [0.1, 0.15) is 26.2 Å². The first kappa shape index (κ1) is 11.6. The van der Waals surface area contributed by atoms with Gasteiger partial charge in [-0.05, 0) is 32.7 Å². The molecule has 1 unspecified atom stereocenters. The number of nitrogens with one attached hydrogen (secondary N) is 2. The molecule has 0 aromatic heterocycles. The highest BCUT2D eigenvalue weighted by Gasteiger charge is 2.37. The lowest BCUT2D eigenvalue weighted by Crippen LogP contribution is -2.44. The maximum atomic E-state index is 11.9. The fourth-order valence-electron chi connectivity index (χ4n) is 2.17. The van der Waals surface area contributed by atoms with Crippen molar-refractivity contribution in [3.63, 3.8) is 0 Å². The number of carbonyl (C=O) groups is 1. The van der Waals surface area contributed by atoms with E-state index >= 15 is 0 Å². The Bertz CT molecular complexity index is 293. The summed E-state index contributed by atoms with van der Waals surface area (Å²) in [5.74, 6) is 0.0319. The fourth-order valence-corrected chi connectivity index (χ4v) is 2.17. The molecule has 16 heavy (non-hydrogen) atoms. The maximum absolute atomic E-state index is 11.9. The third-order valence-corrected chi connectivity index (χ3v) is 3.33. The molecule has 0 radical (unpaired) electrons. The van der Waals surface area contributed by atoms with Crippen molar-refractivity contribution in [3.05, 3.63) is 11.6 Å². The van der Waals surface area contributed by atoms with Crippen LogP contribution in [0.2, 0.25) is 0 Å². The number of rotatable bonds is 3. The average molecular weight is 224 g/mol. The minimum atomic E-state index is -0.590. The first-order valence-corrected chi connectivity index (χ1v) is 6.02. The molecule has 0 spiro atoms. The van der Waals surface area contributed by atoms with Gasteiger partial charge in [-0.15, -0.1) is 0 Å². The van der Waals surface area contributed by atoms with Gasteiger partial charge in [0.2, 0.25) is 0 Å². The molecule has 1 fully saturated rings. The molecule has 0 bridgehead atoms.